The van der Waals surface area contributed by atoms with E-state index >= 15 is 0 Å². The quantitative estimate of drug-likeness (QED) is 0.673. The molecule has 0 saturated heterocycles. The number of amides is 1. The van der Waals surface area contributed by atoms with Crippen molar-refractivity contribution < 1.29 is 9.90 Å². The molecular formula is C10H13NO2. The fourth-order valence-electron chi connectivity index (χ4n) is 1.14. The lowest BCUT2D eigenvalue weighted by Gasteiger charge is -2.17. The van der Waals surface area contributed by atoms with Crippen molar-refractivity contribution in [2.75, 3.05) is 0 Å². The Morgan fingerprint density at radius 3 is 2.54 bits per heavy atom. The summed E-state index contributed by atoms with van der Waals surface area (Å²) >= 11 is 0. The molecule has 0 radical (unpaired) electrons. The Kier molecular flexibility index (Phi) is 3.46. The minimum Gasteiger partial charge on any atom is -0.386 e. The van der Waals surface area contributed by atoms with Crippen molar-refractivity contribution in [1.82, 2.24) is 5.32 Å². The Labute approximate surface area is 77.4 Å². The maximum absolute atomic E-state index is 10.1. The molecule has 0 aromatic heterocycles. The zero-order chi connectivity index (χ0) is 9.68. The highest BCUT2D eigenvalue weighted by atomic mass is 16.3. The third-order valence-electron chi connectivity index (χ3n) is 1.95. The average molecular weight is 179 g/mol. The monoisotopic (exact) mass is 179 g/mol. The van der Waals surface area contributed by atoms with Crippen molar-refractivity contribution in [3.05, 3.63) is 35.9 Å². The first-order valence-electron chi connectivity index (χ1n) is 4.18. The Morgan fingerprint density at radius 1 is 1.38 bits per heavy atom. The number of hydrogen-bond donors (Lipinski definition) is 2. The van der Waals surface area contributed by atoms with Gasteiger partial charge in [-0.15, -0.1) is 0 Å². The van der Waals surface area contributed by atoms with Crippen LogP contribution in [0.1, 0.15) is 18.6 Å². The fraction of sp³-hybridized carbons (Fsp3) is 0.300. The first kappa shape index (κ1) is 9.74. The van der Waals surface area contributed by atoms with Gasteiger partial charge in [0.1, 0.15) is 0 Å². The number of rotatable bonds is 4. The molecule has 1 aromatic rings. The number of aliphatic hydroxyl groups excluding tert-OH is 1. The van der Waals surface area contributed by atoms with Crippen molar-refractivity contribution >= 4 is 6.41 Å². The minimum absolute atomic E-state index is 0.264. The number of aliphatic hydroxyl groups is 1. The van der Waals surface area contributed by atoms with Gasteiger partial charge in [-0.2, -0.15) is 0 Å². The molecule has 0 saturated carbocycles. The van der Waals surface area contributed by atoms with Gasteiger partial charge in [-0.05, 0) is 12.5 Å². The van der Waals surface area contributed by atoms with E-state index in [1.807, 2.05) is 30.3 Å². The second-order valence-corrected chi connectivity index (χ2v) is 2.93. The molecule has 3 nitrogen and oxygen atoms in total. The highest BCUT2D eigenvalue weighted by Gasteiger charge is 2.14. The summed E-state index contributed by atoms with van der Waals surface area (Å²) in [7, 11) is 0. The largest absolute Gasteiger partial charge is 0.386 e. The normalized spacial score (nSPS) is 14.6. The van der Waals surface area contributed by atoms with Gasteiger partial charge < -0.3 is 10.4 Å². The van der Waals surface area contributed by atoms with Crippen molar-refractivity contribution in [1.29, 1.82) is 0 Å². The number of carbonyl (C=O) groups is 1. The summed E-state index contributed by atoms with van der Waals surface area (Å²) in [6.45, 7) is 1.76. The summed E-state index contributed by atoms with van der Waals surface area (Å²) < 4.78 is 0. The number of benzene rings is 1. The van der Waals surface area contributed by atoms with Crippen LogP contribution in [-0.2, 0) is 4.79 Å². The predicted octanol–water partition coefficient (Wildman–Crippen LogP) is 0.854. The van der Waals surface area contributed by atoms with Crippen LogP contribution >= 0.6 is 0 Å². The lowest BCUT2D eigenvalue weighted by Crippen LogP contribution is -2.30. The second kappa shape index (κ2) is 4.62. The van der Waals surface area contributed by atoms with Crippen molar-refractivity contribution in [2.24, 2.45) is 0 Å². The van der Waals surface area contributed by atoms with Crippen LogP contribution in [0.2, 0.25) is 0 Å². The van der Waals surface area contributed by atoms with E-state index in [4.69, 9.17) is 0 Å². The van der Waals surface area contributed by atoms with Crippen molar-refractivity contribution in [3.63, 3.8) is 0 Å². The topological polar surface area (TPSA) is 49.3 Å². The molecule has 1 rings (SSSR count). The predicted molar refractivity (Wildman–Crippen MR) is 50.1 cm³/mol. The van der Waals surface area contributed by atoms with E-state index in [2.05, 4.69) is 5.32 Å². The van der Waals surface area contributed by atoms with Gasteiger partial charge in [0.05, 0.1) is 12.1 Å². The van der Waals surface area contributed by atoms with Gasteiger partial charge in [-0.1, -0.05) is 30.3 Å². The highest BCUT2D eigenvalue weighted by Crippen LogP contribution is 2.15. The second-order valence-electron chi connectivity index (χ2n) is 2.93. The molecule has 3 heteroatoms. The SMILES string of the molecule is C[C@H](NC=O)[C@H](O)c1ccccc1. The summed E-state index contributed by atoms with van der Waals surface area (Å²) in [4.78, 5) is 10.1. The fourth-order valence-corrected chi connectivity index (χ4v) is 1.14. The molecule has 13 heavy (non-hydrogen) atoms. The van der Waals surface area contributed by atoms with E-state index in [0.717, 1.165) is 5.56 Å². The molecule has 0 fully saturated rings. The third-order valence-corrected chi connectivity index (χ3v) is 1.95. The summed E-state index contributed by atoms with van der Waals surface area (Å²) in [5, 5.41) is 12.2. The van der Waals surface area contributed by atoms with E-state index in [1.54, 1.807) is 6.92 Å². The Morgan fingerprint density at radius 2 is 2.00 bits per heavy atom. The van der Waals surface area contributed by atoms with Gasteiger partial charge in [0.25, 0.3) is 0 Å². The lowest BCUT2D eigenvalue weighted by atomic mass is 10.0. The Hall–Kier alpha value is -1.35. The van der Waals surface area contributed by atoms with Gasteiger partial charge in [0.2, 0.25) is 6.41 Å². The van der Waals surface area contributed by atoms with Crippen LogP contribution in [-0.4, -0.2) is 17.6 Å². The Bertz CT molecular complexity index is 261. The van der Waals surface area contributed by atoms with E-state index in [1.165, 1.54) is 0 Å². The standard InChI is InChI=1S/C10H13NO2/c1-8(11-7-12)10(13)9-5-3-2-4-6-9/h2-8,10,13H,1H3,(H,11,12)/t8-,10-/m0/s1. The minimum atomic E-state index is -0.647. The molecule has 0 aliphatic rings. The summed E-state index contributed by atoms with van der Waals surface area (Å²) in [5.41, 5.74) is 0.810. The smallest absolute Gasteiger partial charge is 0.207 e. The maximum atomic E-state index is 10.1. The van der Waals surface area contributed by atoms with Crippen LogP contribution in [0.25, 0.3) is 0 Å². The number of nitrogens with one attached hydrogen (secondary N) is 1. The summed E-state index contributed by atoms with van der Waals surface area (Å²) in [6, 6.07) is 8.98. The number of hydrogen-bond acceptors (Lipinski definition) is 2. The third kappa shape index (κ3) is 2.56. The van der Waals surface area contributed by atoms with Crippen molar-refractivity contribution in [3.8, 4) is 0 Å². The molecule has 0 bridgehead atoms. The van der Waals surface area contributed by atoms with Crippen molar-refractivity contribution in [2.45, 2.75) is 19.1 Å². The summed E-state index contributed by atoms with van der Waals surface area (Å²) in [6.07, 6.45) is -0.0528. The molecule has 0 aliphatic carbocycles. The summed E-state index contributed by atoms with van der Waals surface area (Å²) in [5.74, 6) is 0. The van der Waals surface area contributed by atoms with Gasteiger partial charge >= 0.3 is 0 Å². The zero-order valence-electron chi connectivity index (χ0n) is 7.47. The van der Waals surface area contributed by atoms with Gasteiger partial charge in [0, 0.05) is 0 Å². The molecule has 0 heterocycles. The molecule has 0 spiro atoms. The van der Waals surface area contributed by atoms with Gasteiger partial charge in [0.15, 0.2) is 0 Å². The van der Waals surface area contributed by atoms with Crippen LogP contribution in [0.4, 0.5) is 0 Å². The van der Waals surface area contributed by atoms with E-state index in [9.17, 15) is 9.90 Å². The molecule has 1 amide bonds. The van der Waals surface area contributed by atoms with Crippen LogP contribution < -0.4 is 5.32 Å². The average Bonchev–Trinajstić information content (AvgIpc) is 2.18. The lowest BCUT2D eigenvalue weighted by molar-refractivity contribution is -0.110. The van der Waals surface area contributed by atoms with Crippen LogP contribution in [0, 0.1) is 0 Å². The molecule has 70 valence electrons. The molecule has 2 atom stereocenters. The number of carbonyl (C=O) groups excluding carboxylic acids is 1. The van der Waals surface area contributed by atoms with Crippen LogP contribution in [0.15, 0.2) is 30.3 Å². The molecule has 0 aliphatic heterocycles. The highest BCUT2D eigenvalue weighted by molar-refractivity contribution is 5.46. The molecule has 0 unspecified atom stereocenters. The van der Waals surface area contributed by atoms with Gasteiger partial charge in [-0.3, -0.25) is 4.79 Å². The molecular weight excluding hydrogens is 166 g/mol. The maximum Gasteiger partial charge on any atom is 0.207 e. The van der Waals surface area contributed by atoms with E-state index in [0.29, 0.717) is 6.41 Å². The van der Waals surface area contributed by atoms with Crippen LogP contribution in [0.5, 0.6) is 0 Å². The molecule has 2 N–H and O–H groups in total. The van der Waals surface area contributed by atoms with Gasteiger partial charge in [-0.25, -0.2) is 0 Å². The molecule has 1 aromatic carbocycles. The zero-order valence-corrected chi connectivity index (χ0v) is 7.47. The van der Waals surface area contributed by atoms with E-state index in [-0.39, 0.29) is 6.04 Å². The van der Waals surface area contributed by atoms with Crippen LogP contribution in [0.3, 0.4) is 0 Å². The Balaban J connectivity index is 2.67. The first-order chi connectivity index (χ1) is 6.25. The van der Waals surface area contributed by atoms with E-state index < -0.39 is 6.10 Å². The first-order valence-corrected chi connectivity index (χ1v) is 4.18.